The molecule has 0 spiro atoms. The Bertz CT molecular complexity index is 600. The number of carbonyl (C=O) groups excluding carboxylic acids is 1. The standard InChI is InChI=1S/C21H31ClN2O2.ClH/c1-16(17-5-4-10-23-14-17)13-20(25)24-15-21(8-11-26-12-9-21)18-6-2-3-7-19(18)22;/h2-3,6-7,16-17,23H,4-5,8-15H2,1H3,(H,24,25);1H. The predicted octanol–water partition coefficient (Wildman–Crippen LogP) is 3.95. The Kier molecular flexibility index (Phi) is 8.87. The summed E-state index contributed by atoms with van der Waals surface area (Å²) in [5, 5.41) is 7.44. The van der Waals surface area contributed by atoms with Crippen molar-refractivity contribution in [2.45, 2.75) is 44.4 Å². The summed E-state index contributed by atoms with van der Waals surface area (Å²) in [6.07, 6.45) is 4.81. The van der Waals surface area contributed by atoms with E-state index in [9.17, 15) is 4.79 Å². The van der Waals surface area contributed by atoms with E-state index in [1.807, 2.05) is 18.2 Å². The molecule has 6 heteroatoms. The Morgan fingerprint density at radius 3 is 2.78 bits per heavy atom. The van der Waals surface area contributed by atoms with Crippen LogP contribution in [0.4, 0.5) is 0 Å². The quantitative estimate of drug-likeness (QED) is 0.740. The summed E-state index contributed by atoms with van der Waals surface area (Å²) < 4.78 is 5.57. The molecule has 3 rings (SSSR count). The Morgan fingerprint density at radius 2 is 2.11 bits per heavy atom. The largest absolute Gasteiger partial charge is 0.381 e. The van der Waals surface area contributed by atoms with Gasteiger partial charge in [0.2, 0.25) is 5.91 Å². The van der Waals surface area contributed by atoms with Crippen LogP contribution in [0.3, 0.4) is 0 Å². The molecule has 2 fully saturated rings. The summed E-state index contributed by atoms with van der Waals surface area (Å²) in [7, 11) is 0. The van der Waals surface area contributed by atoms with Crippen LogP contribution < -0.4 is 10.6 Å². The molecule has 0 saturated carbocycles. The van der Waals surface area contributed by atoms with Gasteiger partial charge in [-0.05, 0) is 62.2 Å². The third-order valence-corrected chi connectivity index (χ3v) is 6.50. The fourth-order valence-electron chi connectivity index (χ4n) is 4.36. The van der Waals surface area contributed by atoms with Gasteiger partial charge in [-0.25, -0.2) is 0 Å². The summed E-state index contributed by atoms with van der Waals surface area (Å²) in [4.78, 5) is 12.6. The first kappa shape index (κ1) is 22.5. The van der Waals surface area contributed by atoms with E-state index in [0.717, 1.165) is 36.5 Å². The van der Waals surface area contributed by atoms with E-state index >= 15 is 0 Å². The van der Waals surface area contributed by atoms with E-state index < -0.39 is 0 Å². The van der Waals surface area contributed by atoms with E-state index in [4.69, 9.17) is 16.3 Å². The number of carbonyl (C=O) groups is 1. The highest BCUT2D eigenvalue weighted by molar-refractivity contribution is 6.31. The van der Waals surface area contributed by atoms with E-state index in [0.29, 0.717) is 38.0 Å². The van der Waals surface area contributed by atoms with Crippen LogP contribution >= 0.6 is 24.0 Å². The second-order valence-electron chi connectivity index (χ2n) is 7.94. The number of rotatable bonds is 6. The van der Waals surface area contributed by atoms with E-state index in [1.54, 1.807) is 0 Å². The molecule has 2 N–H and O–H groups in total. The van der Waals surface area contributed by atoms with Crippen molar-refractivity contribution >= 4 is 29.9 Å². The van der Waals surface area contributed by atoms with E-state index in [2.05, 4.69) is 23.6 Å². The Morgan fingerprint density at radius 1 is 1.37 bits per heavy atom. The molecule has 2 atom stereocenters. The van der Waals surface area contributed by atoms with Gasteiger partial charge in [-0.15, -0.1) is 12.4 Å². The molecule has 2 aliphatic rings. The van der Waals surface area contributed by atoms with Gasteiger partial charge in [0.1, 0.15) is 0 Å². The first-order valence-electron chi connectivity index (χ1n) is 9.91. The molecule has 0 bridgehead atoms. The average molecular weight is 415 g/mol. The molecule has 27 heavy (non-hydrogen) atoms. The van der Waals surface area contributed by atoms with Crippen molar-refractivity contribution < 1.29 is 9.53 Å². The SMILES string of the molecule is CC(CC(=O)NCC1(c2ccccc2Cl)CCOCC1)C1CCCNC1.Cl. The van der Waals surface area contributed by atoms with Gasteiger partial charge in [-0.1, -0.05) is 36.7 Å². The zero-order valence-corrected chi connectivity index (χ0v) is 17.7. The fourth-order valence-corrected chi connectivity index (χ4v) is 4.69. The van der Waals surface area contributed by atoms with Crippen molar-refractivity contribution in [3.63, 3.8) is 0 Å². The van der Waals surface area contributed by atoms with Crippen LogP contribution in [0, 0.1) is 11.8 Å². The van der Waals surface area contributed by atoms with Gasteiger partial charge in [0.15, 0.2) is 0 Å². The first-order valence-corrected chi connectivity index (χ1v) is 10.3. The zero-order valence-electron chi connectivity index (χ0n) is 16.1. The monoisotopic (exact) mass is 414 g/mol. The maximum atomic E-state index is 12.6. The second-order valence-corrected chi connectivity index (χ2v) is 8.34. The molecule has 2 saturated heterocycles. The van der Waals surface area contributed by atoms with Gasteiger partial charge in [-0.2, -0.15) is 0 Å². The summed E-state index contributed by atoms with van der Waals surface area (Å²) >= 11 is 6.49. The summed E-state index contributed by atoms with van der Waals surface area (Å²) in [5.74, 6) is 1.17. The number of benzene rings is 1. The van der Waals surface area contributed by atoms with Crippen molar-refractivity contribution in [2.75, 3.05) is 32.8 Å². The summed E-state index contributed by atoms with van der Waals surface area (Å²) in [6.45, 7) is 6.41. The molecule has 0 radical (unpaired) electrons. The van der Waals surface area contributed by atoms with Gasteiger partial charge < -0.3 is 15.4 Å². The van der Waals surface area contributed by atoms with E-state index in [-0.39, 0.29) is 23.7 Å². The number of ether oxygens (including phenoxy) is 1. The van der Waals surface area contributed by atoms with Crippen molar-refractivity contribution in [3.05, 3.63) is 34.9 Å². The molecular formula is C21H32Cl2N2O2. The smallest absolute Gasteiger partial charge is 0.220 e. The molecule has 0 aliphatic carbocycles. The normalized spacial score (nSPS) is 23.1. The van der Waals surface area contributed by atoms with Crippen LogP contribution in [0.25, 0.3) is 0 Å². The molecule has 2 heterocycles. The van der Waals surface area contributed by atoms with Gasteiger partial charge in [0.25, 0.3) is 0 Å². The van der Waals surface area contributed by atoms with Crippen LogP contribution in [0.5, 0.6) is 0 Å². The number of piperidine rings is 1. The van der Waals surface area contributed by atoms with Gasteiger partial charge >= 0.3 is 0 Å². The lowest BCUT2D eigenvalue weighted by molar-refractivity contribution is -0.122. The van der Waals surface area contributed by atoms with Crippen LogP contribution in [0.1, 0.15) is 44.6 Å². The highest BCUT2D eigenvalue weighted by Gasteiger charge is 2.36. The highest BCUT2D eigenvalue weighted by atomic mass is 35.5. The van der Waals surface area contributed by atoms with Crippen LogP contribution in [0.2, 0.25) is 5.02 Å². The van der Waals surface area contributed by atoms with Crippen LogP contribution in [0.15, 0.2) is 24.3 Å². The van der Waals surface area contributed by atoms with Crippen molar-refractivity contribution in [3.8, 4) is 0 Å². The molecule has 4 nitrogen and oxygen atoms in total. The minimum atomic E-state index is -0.123. The minimum absolute atomic E-state index is 0. The van der Waals surface area contributed by atoms with Gasteiger partial charge in [0.05, 0.1) is 0 Å². The molecule has 0 aromatic heterocycles. The predicted molar refractivity (Wildman–Crippen MR) is 113 cm³/mol. The average Bonchev–Trinajstić information content (AvgIpc) is 2.68. The summed E-state index contributed by atoms with van der Waals surface area (Å²) in [5.41, 5.74) is 1.01. The maximum absolute atomic E-state index is 12.6. The number of nitrogens with one attached hydrogen (secondary N) is 2. The van der Waals surface area contributed by atoms with E-state index in [1.165, 1.54) is 12.8 Å². The van der Waals surface area contributed by atoms with Gasteiger partial charge in [0, 0.05) is 36.6 Å². The molecule has 1 amide bonds. The van der Waals surface area contributed by atoms with Gasteiger partial charge in [-0.3, -0.25) is 4.79 Å². The fraction of sp³-hybridized carbons (Fsp3) is 0.667. The number of hydrogen-bond donors (Lipinski definition) is 2. The maximum Gasteiger partial charge on any atom is 0.220 e. The molecule has 2 unspecified atom stereocenters. The van der Waals surface area contributed by atoms with Crippen LogP contribution in [-0.2, 0) is 14.9 Å². The topological polar surface area (TPSA) is 50.4 Å². The number of hydrogen-bond acceptors (Lipinski definition) is 3. The van der Waals surface area contributed by atoms with Crippen molar-refractivity contribution in [1.82, 2.24) is 10.6 Å². The Balaban J connectivity index is 0.00000261. The first-order chi connectivity index (χ1) is 12.6. The lowest BCUT2D eigenvalue weighted by atomic mass is 9.74. The van der Waals surface area contributed by atoms with Crippen molar-refractivity contribution in [1.29, 1.82) is 0 Å². The minimum Gasteiger partial charge on any atom is -0.381 e. The third kappa shape index (κ3) is 5.83. The molecule has 152 valence electrons. The Hall–Kier alpha value is -0.810. The second kappa shape index (κ2) is 10.7. The third-order valence-electron chi connectivity index (χ3n) is 6.17. The van der Waals surface area contributed by atoms with Crippen molar-refractivity contribution in [2.24, 2.45) is 11.8 Å². The lowest BCUT2D eigenvalue weighted by Crippen LogP contribution is -2.45. The molecule has 2 aliphatic heterocycles. The molecular weight excluding hydrogens is 383 g/mol. The summed E-state index contributed by atoms with van der Waals surface area (Å²) in [6, 6.07) is 8.01. The highest BCUT2D eigenvalue weighted by Crippen LogP contribution is 2.38. The Labute approximate surface area is 174 Å². The number of halogens is 2. The lowest BCUT2D eigenvalue weighted by Gasteiger charge is -2.38. The molecule has 1 aromatic carbocycles. The zero-order chi connectivity index (χ0) is 18.4. The van der Waals surface area contributed by atoms with Crippen LogP contribution in [-0.4, -0.2) is 38.8 Å². The number of amides is 1. The molecule has 1 aromatic rings.